The normalized spacial score (nSPS) is 10.1. The first-order chi connectivity index (χ1) is 13.1. The number of carbonyl (C=O) groups is 1. The number of aromatic nitrogens is 3. The van der Waals surface area contributed by atoms with E-state index in [4.69, 9.17) is 14.7 Å². The zero-order chi connectivity index (χ0) is 19.4. The first-order valence-corrected chi connectivity index (χ1v) is 7.99. The number of nitriles is 1. The van der Waals surface area contributed by atoms with Crippen LogP contribution in [0.15, 0.2) is 42.7 Å². The van der Waals surface area contributed by atoms with E-state index in [9.17, 15) is 4.79 Å². The Morgan fingerprint density at radius 3 is 2.74 bits per heavy atom. The van der Waals surface area contributed by atoms with Crippen LogP contribution in [0.5, 0.6) is 11.5 Å². The third-order valence-electron chi connectivity index (χ3n) is 3.98. The summed E-state index contributed by atoms with van der Waals surface area (Å²) in [6.45, 7) is 0. The summed E-state index contributed by atoms with van der Waals surface area (Å²) < 4.78 is 12.3. The molecule has 8 nitrogen and oxygen atoms in total. The van der Waals surface area contributed by atoms with E-state index in [1.165, 1.54) is 12.4 Å². The van der Waals surface area contributed by atoms with Gasteiger partial charge in [0.25, 0.3) is 5.91 Å². The fourth-order valence-corrected chi connectivity index (χ4v) is 2.62. The lowest BCUT2D eigenvalue weighted by Crippen LogP contribution is -2.14. The Balaban J connectivity index is 1.95. The molecular formula is C19H17N5O3. The van der Waals surface area contributed by atoms with Crippen LogP contribution in [0.4, 0.5) is 5.69 Å². The number of hydrogen-bond donors (Lipinski definition) is 1. The number of anilines is 1. The fraction of sp³-hybridized carbons (Fsp3) is 0.158. The van der Waals surface area contributed by atoms with Crippen molar-refractivity contribution in [1.82, 2.24) is 14.8 Å². The summed E-state index contributed by atoms with van der Waals surface area (Å²) in [5.41, 5.74) is 2.29. The van der Waals surface area contributed by atoms with Gasteiger partial charge in [-0.3, -0.25) is 14.5 Å². The van der Waals surface area contributed by atoms with E-state index < -0.39 is 5.91 Å². The molecule has 2 heterocycles. The molecule has 136 valence electrons. The monoisotopic (exact) mass is 363 g/mol. The third-order valence-corrected chi connectivity index (χ3v) is 3.98. The summed E-state index contributed by atoms with van der Waals surface area (Å²) in [5.74, 6) is 0.863. The van der Waals surface area contributed by atoms with Crippen LogP contribution in [0.3, 0.4) is 0 Å². The maximum absolute atomic E-state index is 12.6. The van der Waals surface area contributed by atoms with Gasteiger partial charge in [0, 0.05) is 25.0 Å². The molecule has 3 aromatic rings. The minimum Gasteiger partial charge on any atom is -0.497 e. The molecule has 0 spiro atoms. The second-order valence-corrected chi connectivity index (χ2v) is 5.59. The molecular weight excluding hydrogens is 346 g/mol. The van der Waals surface area contributed by atoms with Crippen LogP contribution in [0.1, 0.15) is 16.1 Å². The van der Waals surface area contributed by atoms with Crippen LogP contribution in [-0.2, 0) is 7.05 Å². The van der Waals surface area contributed by atoms with Crippen molar-refractivity contribution in [1.29, 1.82) is 5.26 Å². The number of amides is 1. The van der Waals surface area contributed by atoms with Gasteiger partial charge in [-0.25, -0.2) is 0 Å². The topological polar surface area (TPSA) is 102 Å². The van der Waals surface area contributed by atoms with Gasteiger partial charge in [-0.2, -0.15) is 10.4 Å². The van der Waals surface area contributed by atoms with Gasteiger partial charge < -0.3 is 14.8 Å². The lowest BCUT2D eigenvalue weighted by atomic mass is 10.1. The minimum absolute atomic E-state index is 0.207. The molecule has 0 fully saturated rings. The maximum Gasteiger partial charge on any atom is 0.276 e. The highest BCUT2D eigenvalue weighted by atomic mass is 16.5. The van der Waals surface area contributed by atoms with Gasteiger partial charge in [-0.15, -0.1) is 0 Å². The van der Waals surface area contributed by atoms with Crippen molar-refractivity contribution >= 4 is 11.6 Å². The van der Waals surface area contributed by atoms with E-state index in [0.29, 0.717) is 22.9 Å². The molecule has 0 aliphatic carbocycles. The van der Waals surface area contributed by atoms with Crippen molar-refractivity contribution in [2.24, 2.45) is 7.05 Å². The van der Waals surface area contributed by atoms with Gasteiger partial charge >= 0.3 is 0 Å². The maximum atomic E-state index is 12.6. The van der Waals surface area contributed by atoms with Crippen molar-refractivity contribution in [3.63, 3.8) is 0 Å². The molecule has 27 heavy (non-hydrogen) atoms. The number of methoxy groups -OCH3 is 2. The van der Waals surface area contributed by atoms with Crippen LogP contribution >= 0.6 is 0 Å². The molecule has 0 bridgehead atoms. The first-order valence-electron chi connectivity index (χ1n) is 7.99. The van der Waals surface area contributed by atoms with Crippen LogP contribution < -0.4 is 14.8 Å². The number of pyridine rings is 1. The average Bonchev–Trinajstić information content (AvgIpc) is 3.09. The second kappa shape index (κ2) is 7.58. The van der Waals surface area contributed by atoms with Gasteiger partial charge in [0.1, 0.15) is 17.6 Å². The molecule has 3 rings (SSSR count). The molecule has 0 unspecified atom stereocenters. The molecule has 0 saturated heterocycles. The van der Waals surface area contributed by atoms with Crippen LogP contribution in [-0.4, -0.2) is 34.9 Å². The molecule has 1 N–H and O–H groups in total. The Morgan fingerprint density at radius 1 is 1.22 bits per heavy atom. The van der Waals surface area contributed by atoms with Gasteiger partial charge in [0.2, 0.25) is 0 Å². The zero-order valence-electron chi connectivity index (χ0n) is 15.1. The van der Waals surface area contributed by atoms with E-state index in [2.05, 4.69) is 15.4 Å². The molecule has 0 saturated carbocycles. The lowest BCUT2D eigenvalue weighted by molar-refractivity contribution is 0.102. The summed E-state index contributed by atoms with van der Waals surface area (Å²) in [7, 11) is 4.88. The van der Waals surface area contributed by atoms with Crippen LogP contribution in [0.25, 0.3) is 11.3 Å². The Morgan fingerprint density at radius 2 is 2.04 bits per heavy atom. The number of aryl methyl sites for hydroxylation is 1. The van der Waals surface area contributed by atoms with E-state index in [0.717, 1.165) is 5.56 Å². The largest absolute Gasteiger partial charge is 0.497 e. The highest BCUT2D eigenvalue weighted by Crippen LogP contribution is 2.33. The SMILES string of the molecule is COc1ccc(OC)c(-c2cc(C(=O)Nc3ccncc3C#N)nn2C)c1. The Kier molecular flexibility index (Phi) is 5.04. The fourth-order valence-electron chi connectivity index (χ4n) is 2.62. The number of rotatable bonds is 5. The summed E-state index contributed by atoms with van der Waals surface area (Å²) >= 11 is 0. The smallest absolute Gasteiger partial charge is 0.276 e. The third kappa shape index (κ3) is 3.57. The van der Waals surface area contributed by atoms with Gasteiger partial charge in [-0.05, 0) is 30.3 Å². The summed E-state index contributed by atoms with van der Waals surface area (Å²) in [6.07, 6.45) is 2.89. The zero-order valence-corrected chi connectivity index (χ0v) is 15.1. The molecule has 1 amide bonds. The van der Waals surface area contributed by atoms with Crippen LogP contribution in [0.2, 0.25) is 0 Å². The van der Waals surface area contributed by atoms with E-state index in [1.807, 2.05) is 12.1 Å². The van der Waals surface area contributed by atoms with Crippen molar-refractivity contribution in [2.75, 3.05) is 19.5 Å². The van der Waals surface area contributed by atoms with Gasteiger partial charge in [-0.1, -0.05) is 0 Å². The minimum atomic E-state index is -0.429. The van der Waals surface area contributed by atoms with Crippen molar-refractivity contribution in [3.05, 3.63) is 54.0 Å². The number of carbonyl (C=O) groups excluding carboxylic acids is 1. The number of hydrogen-bond acceptors (Lipinski definition) is 6. The van der Waals surface area contributed by atoms with Crippen molar-refractivity contribution in [3.8, 4) is 28.8 Å². The Bertz CT molecular complexity index is 1040. The van der Waals surface area contributed by atoms with Crippen molar-refractivity contribution in [2.45, 2.75) is 0 Å². The van der Waals surface area contributed by atoms with Crippen molar-refractivity contribution < 1.29 is 14.3 Å². The second-order valence-electron chi connectivity index (χ2n) is 5.59. The number of ether oxygens (including phenoxy) is 2. The van der Waals surface area contributed by atoms with Gasteiger partial charge in [0.05, 0.1) is 31.2 Å². The molecule has 8 heteroatoms. The highest BCUT2D eigenvalue weighted by molar-refractivity contribution is 6.04. The quantitative estimate of drug-likeness (QED) is 0.748. The van der Waals surface area contributed by atoms with Gasteiger partial charge in [0.15, 0.2) is 5.69 Å². The van der Waals surface area contributed by atoms with Crippen LogP contribution in [0, 0.1) is 11.3 Å². The number of benzene rings is 1. The average molecular weight is 363 g/mol. The van der Waals surface area contributed by atoms with E-state index >= 15 is 0 Å². The van der Waals surface area contributed by atoms with E-state index in [1.54, 1.807) is 50.2 Å². The predicted molar refractivity (Wildman–Crippen MR) is 98.7 cm³/mol. The first kappa shape index (κ1) is 17.9. The Hall–Kier alpha value is -3.86. The summed E-state index contributed by atoms with van der Waals surface area (Å²) in [4.78, 5) is 16.5. The lowest BCUT2D eigenvalue weighted by Gasteiger charge is -2.10. The number of nitrogens with zero attached hydrogens (tertiary/aromatic N) is 4. The molecule has 0 aliphatic rings. The molecule has 0 radical (unpaired) electrons. The molecule has 2 aromatic heterocycles. The molecule has 1 aromatic carbocycles. The van der Waals surface area contributed by atoms with E-state index in [-0.39, 0.29) is 11.3 Å². The summed E-state index contributed by atoms with van der Waals surface area (Å²) in [5, 5.41) is 16.1. The standard InChI is InChI=1S/C19H17N5O3/c1-24-17(14-8-13(26-2)4-5-18(14)27-3)9-16(23-24)19(25)22-15-6-7-21-11-12(15)10-20/h4-9,11H,1-3H3,(H,21,22,25). The predicted octanol–water partition coefficient (Wildman–Crippen LogP) is 2.62. The molecule has 0 atom stereocenters. The molecule has 0 aliphatic heterocycles. The summed E-state index contributed by atoms with van der Waals surface area (Å²) in [6, 6.07) is 10.6. The number of nitrogens with one attached hydrogen (secondary N) is 1. The Labute approximate surface area is 156 Å². The highest BCUT2D eigenvalue weighted by Gasteiger charge is 2.18.